The second-order valence-electron chi connectivity index (χ2n) is 10.8. The molecular formula is C28H45N3O5S. The Bertz CT molecular complexity index is 912. The van der Waals surface area contributed by atoms with Crippen molar-refractivity contribution in [2.45, 2.75) is 103 Å². The summed E-state index contributed by atoms with van der Waals surface area (Å²) in [4.78, 5) is 42.0. The third-order valence-electron chi connectivity index (χ3n) is 6.42. The quantitative estimate of drug-likeness (QED) is 0.365. The van der Waals surface area contributed by atoms with Gasteiger partial charge in [-0.3, -0.25) is 9.59 Å². The number of benzene rings is 1. The Hall–Kier alpha value is -2.42. The van der Waals surface area contributed by atoms with Gasteiger partial charge in [0.1, 0.15) is 23.4 Å². The molecule has 0 bridgehead atoms. The van der Waals surface area contributed by atoms with Crippen molar-refractivity contribution < 1.29 is 24.2 Å². The highest BCUT2D eigenvalue weighted by molar-refractivity contribution is 7.98. The molecule has 1 aromatic carbocycles. The summed E-state index contributed by atoms with van der Waals surface area (Å²) in [5, 5.41) is 16.9. The van der Waals surface area contributed by atoms with Crippen LogP contribution in [0, 0.1) is 6.92 Å². The summed E-state index contributed by atoms with van der Waals surface area (Å²) >= 11 is 1.57. The zero-order valence-corrected chi connectivity index (χ0v) is 24.1. The van der Waals surface area contributed by atoms with E-state index in [9.17, 15) is 19.5 Å². The molecule has 208 valence electrons. The molecule has 1 fully saturated rings. The summed E-state index contributed by atoms with van der Waals surface area (Å²) in [6.07, 6.45) is 7.31. The molecule has 2 rings (SSSR count). The van der Waals surface area contributed by atoms with Crippen LogP contribution in [0.4, 0.5) is 4.79 Å². The number of thioether (sulfide) groups is 1. The molecular weight excluding hydrogens is 490 g/mol. The molecule has 1 aliphatic carbocycles. The van der Waals surface area contributed by atoms with E-state index >= 15 is 0 Å². The van der Waals surface area contributed by atoms with E-state index in [2.05, 4.69) is 10.6 Å². The second kappa shape index (κ2) is 14.5. The fourth-order valence-electron chi connectivity index (χ4n) is 4.63. The van der Waals surface area contributed by atoms with Gasteiger partial charge < -0.3 is 25.4 Å². The van der Waals surface area contributed by atoms with Gasteiger partial charge in [0.2, 0.25) is 11.8 Å². The Balaban J connectivity index is 2.45. The maximum atomic E-state index is 14.0. The lowest BCUT2D eigenvalue weighted by Crippen LogP contribution is -2.54. The minimum absolute atomic E-state index is 0.000891. The van der Waals surface area contributed by atoms with Crippen LogP contribution >= 0.6 is 11.8 Å². The monoisotopic (exact) mass is 535 g/mol. The van der Waals surface area contributed by atoms with Gasteiger partial charge in [0.05, 0.1) is 0 Å². The summed E-state index contributed by atoms with van der Waals surface area (Å²) in [7, 11) is 0. The Kier molecular flexibility index (Phi) is 12.1. The van der Waals surface area contributed by atoms with Gasteiger partial charge >= 0.3 is 6.09 Å². The van der Waals surface area contributed by atoms with Crippen molar-refractivity contribution in [3.63, 3.8) is 0 Å². The molecule has 1 aliphatic rings. The van der Waals surface area contributed by atoms with Crippen molar-refractivity contribution in [2.24, 2.45) is 0 Å². The number of amides is 3. The van der Waals surface area contributed by atoms with Crippen LogP contribution in [-0.4, -0.2) is 64.2 Å². The first-order valence-corrected chi connectivity index (χ1v) is 14.8. The van der Waals surface area contributed by atoms with Gasteiger partial charge in [-0.15, -0.1) is 0 Å². The Morgan fingerprint density at radius 2 is 1.86 bits per heavy atom. The predicted molar refractivity (Wildman–Crippen MR) is 149 cm³/mol. The number of nitrogens with one attached hydrogen (secondary N) is 2. The number of hydrogen-bond acceptors (Lipinski definition) is 6. The van der Waals surface area contributed by atoms with Crippen molar-refractivity contribution in [1.29, 1.82) is 0 Å². The molecule has 2 unspecified atom stereocenters. The fourth-order valence-corrected chi connectivity index (χ4v) is 5.10. The third kappa shape index (κ3) is 9.43. The second-order valence-corrected chi connectivity index (χ2v) is 11.8. The van der Waals surface area contributed by atoms with Gasteiger partial charge in [-0.25, -0.2) is 4.79 Å². The largest absolute Gasteiger partial charge is 0.507 e. The van der Waals surface area contributed by atoms with Crippen molar-refractivity contribution in [1.82, 2.24) is 15.5 Å². The summed E-state index contributed by atoms with van der Waals surface area (Å²) in [6.45, 7) is 9.29. The number of rotatable bonds is 11. The van der Waals surface area contributed by atoms with Gasteiger partial charge in [0, 0.05) is 18.2 Å². The van der Waals surface area contributed by atoms with Gasteiger partial charge in [0.25, 0.3) is 0 Å². The number of aromatic hydroxyl groups is 1. The number of carbonyl (C=O) groups is 3. The fraction of sp³-hybridized carbons (Fsp3) is 0.679. The van der Waals surface area contributed by atoms with Gasteiger partial charge in [-0.05, 0) is 71.0 Å². The molecule has 0 heterocycles. The van der Waals surface area contributed by atoms with Gasteiger partial charge in [-0.1, -0.05) is 44.4 Å². The van der Waals surface area contributed by atoms with Crippen LogP contribution in [-0.2, 0) is 14.3 Å². The lowest BCUT2D eigenvalue weighted by atomic mass is 9.94. The maximum absolute atomic E-state index is 14.0. The van der Waals surface area contributed by atoms with E-state index < -0.39 is 23.8 Å². The number of aryl methyl sites for hydroxylation is 1. The van der Waals surface area contributed by atoms with Crippen LogP contribution in [0.1, 0.15) is 89.8 Å². The van der Waals surface area contributed by atoms with Crippen LogP contribution < -0.4 is 10.6 Å². The summed E-state index contributed by atoms with van der Waals surface area (Å²) in [6, 6.07) is 3.40. The van der Waals surface area contributed by atoms with Crippen LogP contribution in [0.15, 0.2) is 18.2 Å². The highest BCUT2D eigenvalue weighted by Crippen LogP contribution is 2.33. The van der Waals surface area contributed by atoms with E-state index in [0.29, 0.717) is 36.3 Å². The van der Waals surface area contributed by atoms with Crippen LogP contribution in [0.3, 0.4) is 0 Å². The average Bonchev–Trinajstić information content (AvgIpc) is 2.83. The normalized spacial score (nSPS) is 15.9. The van der Waals surface area contributed by atoms with Crippen LogP contribution in [0.25, 0.3) is 0 Å². The predicted octanol–water partition coefficient (Wildman–Crippen LogP) is 5.08. The van der Waals surface area contributed by atoms with E-state index in [1.807, 2.05) is 13.2 Å². The number of alkyl carbamates (subject to hydrolysis) is 1. The average molecular weight is 536 g/mol. The van der Waals surface area contributed by atoms with Crippen molar-refractivity contribution in [2.75, 3.05) is 18.6 Å². The van der Waals surface area contributed by atoms with Crippen molar-refractivity contribution in [3.05, 3.63) is 29.3 Å². The van der Waals surface area contributed by atoms with E-state index in [-0.39, 0.29) is 23.6 Å². The Labute approximate surface area is 226 Å². The van der Waals surface area contributed by atoms with Crippen LogP contribution in [0.5, 0.6) is 5.75 Å². The van der Waals surface area contributed by atoms with Crippen LogP contribution in [0.2, 0.25) is 0 Å². The summed E-state index contributed by atoms with van der Waals surface area (Å²) in [5.74, 6) is -0.0382. The first kappa shape index (κ1) is 30.8. The molecule has 0 spiro atoms. The highest BCUT2D eigenvalue weighted by atomic mass is 32.2. The molecule has 37 heavy (non-hydrogen) atoms. The lowest BCUT2D eigenvalue weighted by Gasteiger charge is -2.36. The molecule has 2 atom stereocenters. The first-order chi connectivity index (χ1) is 17.5. The molecule has 1 aromatic rings. The first-order valence-electron chi connectivity index (χ1n) is 13.4. The van der Waals surface area contributed by atoms with Crippen molar-refractivity contribution in [3.8, 4) is 5.75 Å². The Morgan fingerprint density at radius 1 is 1.19 bits per heavy atom. The number of para-hydroxylation sites is 1. The minimum Gasteiger partial charge on any atom is -0.507 e. The standard InChI is InChI=1S/C28H45N3O5S/c1-7-17-31(26(34)22(16-18-37-6)30-27(35)36-28(3,4)5)23(21-15-11-12-19(2)24(21)32)25(33)29-20-13-9-8-10-14-20/h11-12,15,20,22-23,32H,7-10,13-14,16-18H2,1-6H3,(H,29,33)(H,30,35). The van der Waals surface area contributed by atoms with E-state index in [1.165, 1.54) is 4.90 Å². The smallest absolute Gasteiger partial charge is 0.408 e. The molecule has 1 saturated carbocycles. The zero-order chi connectivity index (χ0) is 27.6. The Morgan fingerprint density at radius 3 is 2.46 bits per heavy atom. The number of hydrogen-bond donors (Lipinski definition) is 3. The van der Waals surface area contributed by atoms with E-state index in [4.69, 9.17) is 4.74 Å². The third-order valence-corrected chi connectivity index (χ3v) is 7.07. The molecule has 0 radical (unpaired) electrons. The molecule has 3 amide bonds. The number of nitrogens with zero attached hydrogens (tertiary/aromatic N) is 1. The topological polar surface area (TPSA) is 108 Å². The molecule has 0 aliphatic heterocycles. The lowest BCUT2D eigenvalue weighted by molar-refractivity contribution is -0.143. The number of carbonyl (C=O) groups excluding carboxylic acids is 3. The minimum atomic E-state index is -1.02. The zero-order valence-electron chi connectivity index (χ0n) is 23.3. The number of ether oxygens (including phenoxy) is 1. The number of phenols is 1. The molecule has 3 N–H and O–H groups in total. The van der Waals surface area contributed by atoms with E-state index in [0.717, 1.165) is 32.1 Å². The van der Waals surface area contributed by atoms with Gasteiger partial charge in [0.15, 0.2) is 0 Å². The summed E-state index contributed by atoms with van der Waals surface area (Å²) < 4.78 is 5.42. The SMILES string of the molecule is CCCN(C(=O)C(CCSC)NC(=O)OC(C)(C)C)C(C(=O)NC1CCCCC1)c1cccc(C)c1O. The highest BCUT2D eigenvalue weighted by Gasteiger charge is 2.38. The maximum Gasteiger partial charge on any atom is 0.408 e. The molecule has 9 heteroatoms. The van der Waals surface area contributed by atoms with E-state index in [1.54, 1.807) is 57.7 Å². The molecule has 0 aromatic heterocycles. The molecule has 8 nitrogen and oxygen atoms in total. The van der Waals surface area contributed by atoms with Crippen molar-refractivity contribution >= 4 is 29.7 Å². The summed E-state index contributed by atoms with van der Waals surface area (Å²) in [5.41, 5.74) is 0.300. The number of phenolic OH excluding ortho intramolecular Hbond substituents is 1. The molecule has 0 saturated heterocycles. The van der Waals surface area contributed by atoms with Gasteiger partial charge in [-0.2, -0.15) is 11.8 Å².